The predicted molar refractivity (Wildman–Crippen MR) is 223 cm³/mol. The van der Waals surface area contributed by atoms with Gasteiger partial charge in [-0.3, -0.25) is 34.3 Å². The molecule has 16 heteroatoms. The molecule has 2 N–H and O–H groups in total. The SMILES string of the molecule is CN(C(=O)[C@@H]1CCN(c2ccc3c(c2)CN(C2CCC(=O)NC2=O)C3=O)C1)N1CCN(c2ccc(C(=O)NC3C(C)(C)C(Oc4ccc(C#N)c(Cl)c4)C3(C)C)cn2)CC1. The molecule has 1 saturated carbocycles. The number of anilines is 2. The normalized spacial score (nSPS) is 24.6. The fourth-order valence-corrected chi connectivity index (χ4v) is 10.3. The van der Waals surface area contributed by atoms with E-state index in [-0.39, 0.29) is 48.1 Å². The van der Waals surface area contributed by atoms with Crippen LogP contribution in [0, 0.1) is 28.1 Å². The van der Waals surface area contributed by atoms with Gasteiger partial charge in [-0.1, -0.05) is 39.3 Å². The highest BCUT2D eigenvalue weighted by Gasteiger charge is 2.64. The van der Waals surface area contributed by atoms with Crippen LogP contribution in [0.4, 0.5) is 11.5 Å². The minimum Gasteiger partial charge on any atom is -0.489 e. The molecule has 0 spiro atoms. The Hall–Kier alpha value is -5.72. The molecule has 5 aliphatic rings. The van der Waals surface area contributed by atoms with Crippen molar-refractivity contribution in [3.8, 4) is 11.8 Å². The van der Waals surface area contributed by atoms with Gasteiger partial charge in [0.1, 0.15) is 29.8 Å². The fraction of sp³-hybridized carbons (Fsp3) is 0.477. The van der Waals surface area contributed by atoms with Gasteiger partial charge in [-0.15, -0.1) is 0 Å². The molecule has 4 fully saturated rings. The van der Waals surface area contributed by atoms with E-state index in [1.54, 1.807) is 46.4 Å². The molecule has 314 valence electrons. The smallest absolute Gasteiger partial charge is 0.255 e. The highest BCUT2D eigenvalue weighted by atomic mass is 35.5. The Morgan fingerprint density at radius 2 is 1.72 bits per heavy atom. The molecule has 5 heterocycles. The van der Waals surface area contributed by atoms with Crippen molar-refractivity contribution in [2.24, 2.45) is 16.7 Å². The zero-order valence-electron chi connectivity index (χ0n) is 34.5. The van der Waals surface area contributed by atoms with E-state index < -0.39 is 22.8 Å². The van der Waals surface area contributed by atoms with Gasteiger partial charge in [0.05, 0.1) is 22.1 Å². The Morgan fingerprint density at radius 1 is 0.967 bits per heavy atom. The van der Waals surface area contributed by atoms with Crippen LogP contribution < -0.4 is 25.2 Å². The number of benzene rings is 2. The summed E-state index contributed by atoms with van der Waals surface area (Å²) in [6.07, 6.45) is 2.63. The number of carbonyl (C=O) groups excluding carboxylic acids is 5. The van der Waals surface area contributed by atoms with Crippen LogP contribution in [0.2, 0.25) is 5.02 Å². The van der Waals surface area contributed by atoms with Gasteiger partial charge < -0.3 is 24.8 Å². The summed E-state index contributed by atoms with van der Waals surface area (Å²) in [6.45, 7) is 12.4. The molecular weight excluding hydrogens is 786 g/mol. The van der Waals surface area contributed by atoms with Crippen molar-refractivity contribution in [3.63, 3.8) is 0 Å². The van der Waals surface area contributed by atoms with Crippen LogP contribution in [0.1, 0.15) is 78.8 Å². The molecule has 1 aliphatic carbocycles. The summed E-state index contributed by atoms with van der Waals surface area (Å²) in [5.74, 6) is 0.0677. The third-order valence-corrected chi connectivity index (χ3v) is 13.5. The lowest BCUT2D eigenvalue weighted by molar-refractivity contribution is -0.164. The Balaban J connectivity index is 0.809. The number of aromatic nitrogens is 1. The molecule has 1 unspecified atom stereocenters. The third-order valence-electron chi connectivity index (χ3n) is 13.2. The Morgan fingerprint density at radius 3 is 2.38 bits per heavy atom. The van der Waals surface area contributed by atoms with Crippen molar-refractivity contribution >= 4 is 52.6 Å². The highest BCUT2D eigenvalue weighted by Crippen LogP contribution is 2.55. The number of nitrogens with zero attached hydrogens (tertiary/aromatic N) is 7. The van der Waals surface area contributed by atoms with Gasteiger partial charge in [-0.05, 0) is 60.9 Å². The monoisotopic (exact) mass is 835 g/mol. The number of piperidine rings is 1. The summed E-state index contributed by atoms with van der Waals surface area (Å²) in [5, 5.41) is 18.9. The van der Waals surface area contributed by atoms with Gasteiger partial charge >= 0.3 is 0 Å². The molecule has 2 atom stereocenters. The van der Waals surface area contributed by atoms with Crippen molar-refractivity contribution < 1.29 is 28.7 Å². The molecule has 0 radical (unpaired) electrons. The molecule has 3 saturated heterocycles. The van der Waals surface area contributed by atoms with Crippen LogP contribution in [0.15, 0.2) is 54.7 Å². The number of amides is 5. The van der Waals surface area contributed by atoms with E-state index in [1.807, 2.05) is 25.2 Å². The largest absolute Gasteiger partial charge is 0.489 e. The predicted octanol–water partition coefficient (Wildman–Crippen LogP) is 4.00. The third kappa shape index (κ3) is 7.40. The highest BCUT2D eigenvalue weighted by molar-refractivity contribution is 6.31. The lowest BCUT2D eigenvalue weighted by Crippen LogP contribution is -2.74. The molecule has 3 aromatic rings. The molecule has 4 aliphatic heterocycles. The van der Waals surface area contributed by atoms with Crippen LogP contribution in [0.5, 0.6) is 5.75 Å². The molecule has 8 rings (SSSR count). The van der Waals surface area contributed by atoms with Crippen molar-refractivity contribution in [1.82, 2.24) is 30.5 Å². The minimum atomic E-state index is -0.661. The Bertz CT molecular complexity index is 2270. The average Bonchev–Trinajstić information content (AvgIpc) is 3.86. The first-order chi connectivity index (χ1) is 28.6. The number of fused-ring (bicyclic) bond motifs is 1. The van der Waals surface area contributed by atoms with Crippen LogP contribution in [-0.2, 0) is 20.9 Å². The van der Waals surface area contributed by atoms with Crippen molar-refractivity contribution in [3.05, 3.63) is 82.0 Å². The molecule has 0 bridgehead atoms. The first-order valence-corrected chi connectivity index (χ1v) is 20.9. The summed E-state index contributed by atoms with van der Waals surface area (Å²) in [4.78, 5) is 75.1. The van der Waals surface area contributed by atoms with E-state index in [4.69, 9.17) is 16.3 Å². The summed E-state index contributed by atoms with van der Waals surface area (Å²) < 4.78 is 6.37. The van der Waals surface area contributed by atoms with Gasteiger partial charge in [-0.2, -0.15) is 5.26 Å². The molecular formula is C44H50ClN9O6. The molecule has 2 aromatic carbocycles. The van der Waals surface area contributed by atoms with E-state index >= 15 is 0 Å². The minimum absolute atomic E-state index is 0.0640. The summed E-state index contributed by atoms with van der Waals surface area (Å²) in [7, 11) is 1.83. The number of hydrazine groups is 1. The van der Waals surface area contributed by atoms with Crippen LogP contribution in [-0.4, -0.2) is 114 Å². The quantitative estimate of drug-likeness (QED) is 0.299. The zero-order chi connectivity index (χ0) is 42.7. The number of piperazine rings is 1. The standard InChI is InChI=1S/C44H50ClN9O6/c1-43(2)41(44(3,4)42(43)60-31-9-6-26(22-46)33(45)21-31)49-37(56)27-7-12-35(47-23-27)51-16-18-53(19-17-51)50(5)39(58)28-14-15-52(24-28)30-8-10-32-29(20-30)25-54(40(32)59)34-11-13-36(55)48-38(34)57/h6-10,12,20-21,23,28,34,41-42H,11,13-19,24-25H2,1-5H3,(H,49,56)(H,48,55,57)/t28-,34?,41?,42?/m1/s1. The lowest BCUT2D eigenvalue weighted by Gasteiger charge is -2.63. The van der Waals surface area contributed by atoms with Crippen molar-refractivity contribution in [1.29, 1.82) is 5.26 Å². The van der Waals surface area contributed by atoms with Crippen LogP contribution in [0.3, 0.4) is 0 Å². The van der Waals surface area contributed by atoms with E-state index in [0.29, 0.717) is 86.1 Å². The maximum Gasteiger partial charge on any atom is 0.255 e. The van der Waals surface area contributed by atoms with E-state index in [2.05, 4.69) is 64.2 Å². The van der Waals surface area contributed by atoms with Crippen LogP contribution in [0.25, 0.3) is 0 Å². The number of nitrogens with one attached hydrogen (secondary N) is 2. The Labute approximate surface area is 354 Å². The maximum atomic E-state index is 13.8. The second kappa shape index (κ2) is 15.7. The number of imide groups is 1. The van der Waals surface area contributed by atoms with E-state index in [1.165, 1.54) is 0 Å². The number of nitriles is 1. The van der Waals surface area contributed by atoms with Gasteiger partial charge in [0, 0.05) is 99.7 Å². The topological polar surface area (TPSA) is 172 Å². The van der Waals surface area contributed by atoms with Gasteiger partial charge in [0.25, 0.3) is 11.8 Å². The molecule has 60 heavy (non-hydrogen) atoms. The second-order valence-corrected chi connectivity index (χ2v) is 18.1. The van der Waals surface area contributed by atoms with Gasteiger partial charge in [0.2, 0.25) is 17.7 Å². The molecule has 5 amide bonds. The van der Waals surface area contributed by atoms with Crippen molar-refractivity contribution in [2.45, 2.75) is 71.7 Å². The van der Waals surface area contributed by atoms with E-state index in [0.717, 1.165) is 17.1 Å². The fourth-order valence-electron chi connectivity index (χ4n) is 10.1. The number of pyridine rings is 1. The number of rotatable bonds is 9. The van der Waals surface area contributed by atoms with Gasteiger partial charge in [-0.25, -0.2) is 9.99 Å². The lowest BCUT2D eigenvalue weighted by atomic mass is 9.49. The van der Waals surface area contributed by atoms with Crippen LogP contribution >= 0.6 is 11.6 Å². The second-order valence-electron chi connectivity index (χ2n) is 17.7. The number of hydrogen-bond acceptors (Lipinski definition) is 11. The number of halogens is 1. The van der Waals surface area contributed by atoms with Gasteiger partial charge in [0.15, 0.2) is 0 Å². The number of ether oxygens (including phenoxy) is 1. The maximum absolute atomic E-state index is 13.8. The summed E-state index contributed by atoms with van der Waals surface area (Å²) >= 11 is 6.25. The number of hydrogen-bond donors (Lipinski definition) is 2. The first kappa shape index (κ1) is 41.0. The first-order valence-electron chi connectivity index (χ1n) is 20.5. The Kier molecular flexibility index (Phi) is 10.7. The summed E-state index contributed by atoms with van der Waals surface area (Å²) in [5.41, 5.74) is 2.41. The summed E-state index contributed by atoms with van der Waals surface area (Å²) in [6, 6.07) is 15.6. The number of carbonyl (C=O) groups is 5. The van der Waals surface area contributed by atoms with Crippen molar-refractivity contribution in [2.75, 3.05) is 56.1 Å². The molecule has 1 aromatic heterocycles. The average molecular weight is 836 g/mol. The zero-order valence-corrected chi connectivity index (χ0v) is 35.3. The molecule has 15 nitrogen and oxygen atoms in total. The van der Waals surface area contributed by atoms with E-state index in [9.17, 15) is 29.2 Å².